The third-order valence-electron chi connectivity index (χ3n) is 5.66. The molecule has 2 N–H and O–H groups in total. The SMILES string of the molecule is C.CN1CCC(SCc2nc3cc(NC4CCCC4)cc(F)c3c(=O)[nH]2)CC1. The number of aromatic nitrogens is 2. The number of likely N-dealkylation sites (tertiary alicyclic amines) is 1. The van der Waals surface area contributed by atoms with Crippen LogP contribution in [0, 0.1) is 5.82 Å². The average Bonchev–Trinajstić information content (AvgIpc) is 3.13. The minimum Gasteiger partial charge on any atom is -0.382 e. The van der Waals surface area contributed by atoms with E-state index in [1.54, 1.807) is 0 Å². The lowest BCUT2D eigenvalue weighted by molar-refractivity contribution is 0.282. The first kappa shape index (κ1) is 21.1. The summed E-state index contributed by atoms with van der Waals surface area (Å²) in [6, 6.07) is 3.63. The van der Waals surface area contributed by atoms with E-state index in [4.69, 9.17) is 0 Å². The number of nitrogens with zero attached hydrogens (tertiary/aromatic N) is 2. The van der Waals surface area contributed by atoms with Gasteiger partial charge in [-0.2, -0.15) is 11.8 Å². The molecule has 1 saturated heterocycles. The first-order chi connectivity index (χ1) is 13.1. The van der Waals surface area contributed by atoms with Gasteiger partial charge in [0, 0.05) is 17.0 Å². The maximum atomic E-state index is 14.5. The quantitative estimate of drug-likeness (QED) is 0.772. The number of aromatic amines is 1. The van der Waals surface area contributed by atoms with E-state index in [-0.39, 0.29) is 18.4 Å². The number of hydrogen-bond acceptors (Lipinski definition) is 5. The number of rotatable bonds is 5. The molecule has 1 aliphatic carbocycles. The molecule has 7 heteroatoms. The van der Waals surface area contributed by atoms with Crippen molar-refractivity contribution in [1.82, 2.24) is 14.9 Å². The Bertz CT molecular complexity index is 857. The maximum absolute atomic E-state index is 14.5. The zero-order valence-electron chi connectivity index (χ0n) is 15.8. The molecular formula is C21H31FN4OS. The van der Waals surface area contributed by atoms with Gasteiger partial charge in [-0.1, -0.05) is 20.3 Å². The first-order valence-electron chi connectivity index (χ1n) is 9.87. The molecular weight excluding hydrogens is 375 g/mol. The fourth-order valence-corrected chi connectivity index (χ4v) is 5.15. The molecule has 1 aromatic heterocycles. The second kappa shape index (κ2) is 9.27. The number of benzene rings is 1. The van der Waals surface area contributed by atoms with Crippen LogP contribution in [0.1, 0.15) is 51.8 Å². The Hall–Kier alpha value is -1.60. The smallest absolute Gasteiger partial charge is 0.261 e. The summed E-state index contributed by atoms with van der Waals surface area (Å²) in [6.45, 7) is 2.22. The minimum atomic E-state index is -0.503. The summed E-state index contributed by atoms with van der Waals surface area (Å²) in [7, 11) is 2.15. The molecule has 0 atom stereocenters. The van der Waals surface area contributed by atoms with Gasteiger partial charge in [-0.15, -0.1) is 0 Å². The lowest BCUT2D eigenvalue weighted by Crippen LogP contribution is -2.31. The van der Waals surface area contributed by atoms with Crippen LogP contribution in [0.3, 0.4) is 0 Å². The topological polar surface area (TPSA) is 61.0 Å². The number of anilines is 1. The van der Waals surface area contributed by atoms with E-state index in [9.17, 15) is 9.18 Å². The molecule has 0 bridgehead atoms. The number of fused-ring (bicyclic) bond motifs is 1. The zero-order valence-corrected chi connectivity index (χ0v) is 16.6. The molecule has 0 unspecified atom stereocenters. The van der Waals surface area contributed by atoms with E-state index in [0.29, 0.717) is 28.4 Å². The summed E-state index contributed by atoms with van der Waals surface area (Å²) in [4.78, 5) is 22.1. The van der Waals surface area contributed by atoms with Crippen LogP contribution in [-0.4, -0.2) is 46.3 Å². The number of piperidine rings is 1. The average molecular weight is 407 g/mol. The molecule has 28 heavy (non-hydrogen) atoms. The molecule has 0 radical (unpaired) electrons. The molecule has 5 nitrogen and oxygen atoms in total. The van der Waals surface area contributed by atoms with Gasteiger partial charge >= 0.3 is 0 Å². The van der Waals surface area contributed by atoms with E-state index >= 15 is 0 Å². The Morgan fingerprint density at radius 2 is 1.96 bits per heavy atom. The number of halogens is 1. The van der Waals surface area contributed by atoms with Crippen LogP contribution in [0.4, 0.5) is 10.1 Å². The van der Waals surface area contributed by atoms with Gasteiger partial charge < -0.3 is 15.2 Å². The van der Waals surface area contributed by atoms with Crippen molar-refractivity contribution in [2.75, 3.05) is 25.5 Å². The number of nitrogens with one attached hydrogen (secondary N) is 2. The molecule has 2 aliphatic rings. The second-order valence-electron chi connectivity index (χ2n) is 7.80. The third kappa shape index (κ3) is 4.87. The summed E-state index contributed by atoms with van der Waals surface area (Å²) < 4.78 is 14.5. The standard InChI is InChI=1S/C20H27FN4OS.CH4/c1-25-8-6-15(7-9-25)27-12-18-23-17-11-14(22-13-4-2-3-5-13)10-16(21)19(17)20(26)24-18;/h10-11,13,15,22H,2-9,12H2,1H3,(H,23,24,26);1H4. The lowest BCUT2D eigenvalue weighted by atomic mass is 10.1. The van der Waals surface area contributed by atoms with Gasteiger partial charge in [0.25, 0.3) is 5.56 Å². The minimum absolute atomic E-state index is 0. The van der Waals surface area contributed by atoms with Crippen molar-refractivity contribution in [3.8, 4) is 0 Å². The predicted octanol–water partition coefficient (Wildman–Crippen LogP) is 4.38. The molecule has 1 aromatic carbocycles. The van der Waals surface area contributed by atoms with Crippen LogP contribution in [-0.2, 0) is 5.75 Å². The third-order valence-corrected chi connectivity index (χ3v) is 7.04. The molecule has 0 amide bonds. The van der Waals surface area contributed by atoms with Crippen molar-refractivity contribution in [1.29, 1.82) is 0 Å². The molecule has 1 saturated carbocycles. The molecule has 2 aromatic rings. The largest absolute Gasteiger partial charge is 0.382 e. The Labute approximate surface area is 170 Å². The Balaban J connectivity index is 0.00000225. The normalized spacial score (nSPS) is 19.1. The zero-order chi connectivity index (χ0) is 18.8. The Kier molecular flexibility index (Phi) is 6.99. The van der Waals surface area contributed by atoms with E-state index in [1.807, 2.05) is 17.8 Å². The summed E-state index contributed by atoms with van der Waals surface area (Å²) in [5.41, 5.74) is 0.779. The van der Waals surface area contributed by atoms with Gasteiger partial charge in [0.15, 0.2) is 0 Å². The van der Waals surface area contributed by atoms with Gasteiger partial charge in [0.05, 0.1) is 11.3 Å². The highest BCUT2D eigenvalue weighted by Crippen LogP contribution is 2.27. The molecule has 2 heterocycles. The lowest BCUT2D eigenvalue weighted by Gasteiger charge is -2.28. The monoisotopic (exact) mass is 406 g/mol. The maximum Gasteiger partial charge on any atom is 0.261 e. The van der Waals surface area contributed by atoms with Crippen molar-refractivity contribution in [3.05, 3.63) is 34.1 Å². The molecule has 2 fully saturated rings. The first-order valence-corrected chi connectivity index (χ1v) is 10.9. The van der Waals surface area contributed by atoms with E-state index in [1.165, 1.54) is 18.9 Å². The van der Waals surface area contributed by atoms with E-state index < -0.39 is 5.82 Å². The van der Waals surface area contributed by atoms with E-state index in [2.05, 4.69) is 27.2 Å². The summed E-state index contributed by atoms with van der Waals surface area (Å²) in [5.74, 6) is 0.784. The Morgan fingerprint density at radius 1 is 1.25 bits per heavy atom. The fraction of sp³-hybridized carbons (Fsp3) is 0.619. The van der Waals surface area contributed by atoms with Crippen LogP contribution in [0.25, 0.3) is 10.9 Å². The molecule has 1 aliphatic heterocycles. The van der Waals surface area contributed by atoms with Crippen LogP contribution in [0.15, 0.2) is 16.9 Å². The van der Waals surface area contributed by atoms with Crippen molar-refractivity contribution >= 4 is 28.4 Å². The molecule has 4 rings (SSSR count). The highest BCUT2D eigenvalue weighted by atomic mass is 32.2. The van der Waals surface area contributed by atoms with Crippen molar-refractivity contribution < 1.29 is 4.39 Å². The molecule has 154 valence electrons. The summed E-state index contributed by atoms with van der Waals surface area (Å²) in [6.07, 6.45) is 6.96. The van der Waals surface area contributed by atoms with Crippen molar-refractivity contribution in [2.24, 2.45) is 0 Å². The number of hydrogen-bond donors (Lipinski definition) is 2. The Morgan fingerprint density at radius 3 is 2.68 bits per heavy atom. The van der Waals surface area contributed by atoms with Gasteiger partial charge in [0.2, 0.25) is 0 Å². The van der Waals surface area contributed by atoms with Gasteiger partial charge in [-0.25, -0.2) is 9.37 Å². The highest BCUT2D eigenvalue weighted by Gasteiger charge is 2.19. The van der Waals surface area contributed by atoms with Crippen LogP contribution in [0.2, 0.25) is 0 Å². The molecule has 0 spiro atoms. The number of thioether (sulfide) groups is 1. The van der Waals surface area contributed by atoms with Gasteiger partial charge in [0.1, 0.15) is 17.0 Å². The van der Waals surface area contributed by atoms with Gasteiger partial charge in [-0.05, 0) is 58.0 Å². The van der Waals surface area contributed by atoms with Crippen molar-refractivity contribution in [3.63, 3.8) is 0 Å². The predicted molar refractivity (Wildman–Crippen MR) is 117 cm³/mol. The van der Waals surface area contributed by atoms with Gasteiger partial charge in [-0.3, -0.25) is 4.79 Å². The second-order valence-corrected chi connectivity index (χ2v) is 9.09. The summed E-state index contributed by atoms with van der Waals surface area (Å²) >= 11 is 1.84. The van der Waals surface area contributed by atoms with Crippen LogP contribution in [0.5, 0.6) is 0 Å². The van der Waals surface area contributed by atoms with Crippen LogP contribution < -0.4 is 10.9 Å². The van der Waals surface area contributed by atoms with Crippen LogP contribution >= 0.6 is 11.8 Å². The fourth-order valence-electron chi connectivity index (χ4n) is 4.08. The van der Waals surface area contributed by atoms with E-state index in [0.717, 1.165) is 44.5 Å². The highest BCUT2D eigenvalue weighted by molar-refractivity contribution is 7.99. The van der Waals surface area contributed by atoms with Crippen molar-refractivity contribution in [2.45, 2.75) is 63.0 Å². The number of H-pyrrole nitrogens is 1. The summed E-state index contributed by atoms with van der Waals surface area (Å²) in [5, 5.41) is 4.05.